The molecular weight excluding hydrogens is 469 g/mol. The van der Waals surface area contributed by atoms with E-state index in [0.717, 1.165) is 56.5 Å². The fraction of sp³-hybridized carbons (Fsp3) is 0.667. The zero-order valence-corrected chi connectivity index (χ0v) is 20.0. The first-order chi connectivity index (χ1) is 13.1. The molecule has 1 unspecified atom stereocenters. The molecule has 1 atom stereocenters. The molecule has 0 bridgehead atoms. The van der Waals surface area contributed by atoms with Crippen LogP contribution in [0.25, 0.3) is 0 Å². The van der Waals surface area contributed by atoms with Gasteiger partial charge in [0.05, 0.1) is 19.3 Å². The Morgan fingerprint density at radius 2 is 2.14 bits per heavy atom. The number of hydrogen-bond acceptors (Lipinski definition) is 4. The number of guanidine groups is 1. The second-order valence-corrected chi connectivity index (χ2v) is 7.28. The minimum atomic E-state index is 0. The lowest BCUT2D eigenvalue weighted by atomic mass is 10.1. The predicted octanol–water partition coefficient (Wildman–Crippen LogP) is 3.51. The third kappa shape index (κ3) is 9.43. The highest BCUT2D eigenvalue weighted by molar-refractivity contribution is 14.0. The maximum Gasteiger partial charge on any atom is 0.191 e. The predicted molar refractivity (Wildman–Crippen MR) is 125 cm³/mol. The second kappa shape index (κ2) is 14.0. The molecule has 1 saturated heterocycles. The van der Waals surface area contributed by atoms with Crippen LogP contribution in [0.2, 0.25) is 0 Å². The van der Waals surface area contributed by atoms with Crippen LogP contribution in [-0.2, 0) is 16.0 Å². The molecule has 28 heavy (non-hydrogen) atoms. The van der Waals surface area contributed by atoms with Crippen LogP contribution < -0.4 is 15.4 Å². The van der Waals surface area contributed by atoms with E-state index in [1.165, 1.54) is 5.56 Å². The fourth-order valence-electron chi connectivity index (χ4n) is 2.86. The number of nitrogens with zero attached hydrogens (tertiary/aromatic N) is 1. The molecule has 6 nitrogen and oxygen atoms in total. The van der Waals surface area contributed by atoms with Gasteiger partial charge in [0, 0.05) is 44.8 Å². The first kappa shape index (κ1) is 25.0. The van der Waals surface area contributed by atoms with E-state index < -0.39 is 0 Å². The molecule has 1 aromatic carbocycles. The molecule has 1 aromatic rings. The van der Waals surface area contributed by atoms with Crippen molar-refractivity contribution >= 4 is 29.9 Å². The monoisotopic (exact) mass is 505 g/mol. The first-order valence-electron chi connectivity index (χ1n) is 9.94. The standard InChI is InChI=1S/C21H35N3O3.HI/c1-16(2)26-10-5-9-23-21(22-4)24-13-19-7-6-17(3)12-20(19)27-15-18-8-11-25-14-18;/h6-7,12,16,18H,5,8-11,13-15H2,1-4H3,(H2,22,23,24);1H. The Labute approximate surface area is 186 Å². The number of aliphatic imine (C=N–C) groups is 1. The van der Waals surface area contributed by atoms with E-state index >= 15 is 0 Å². The molecule has 1 heterocycles. The van der Waals surface area contributed by atoms with Crippen LogP contribution in [0.1, 0.15) is 37.8 Å². The molecule has 0 aromatic heterocycles. The van der Waals surface area contributed by atoms with Crippen molar-refractivity contribution in [1.29, 1.82) is 0 Å². The Balaban J connectivity index is 0.00000392. The summed E-state index contributed by atoms with van der Waals surface area (Å²) < 4.78 is 17.1. The van der Waals surface area contributed by atoms with Crippen molar-refractivity contribution in [3.63, 3.8) is 0 Å². The maximum atomic E-state index is 6.11. The molecule has 0 amide bonds. The van der Waals surface area contributed by atoms with Gasteiger partial charge in [-0.3, -0.25) is 4.99 Å². The summed E-state index contributed by atoms with van der Waals surface area (Å²) in [6, 6.07) is 6.33. The van der Waals surface area contributed by atoms with E-state index in [9.17, 15) is 0 Å². The highest BCUT2D eigenvalue weighted by Gasteiger charge is 2.17. The zero-order valence-electron chi connectivity index (χ0n) is 17.6. The topological polar surface area (TPSA) is 64.1 Å². The third-order valence-electron chi connectivity index (χ3n) is 4.46. The number of aryl methyl sites for hydroxylation is 1. The van der Waals surface area contributed by atoms with Crippen LogP contribution in [0.3, 0.4) is 0 Å². The van der Waals surface area contributed by atoms with Gasteiger partial charge in [0.2, 0.25) is 0 Å². The van der Waals surface area contributed by atoms with Crippen LogP contribution in [0.15, 0.2) is 23.2 Å². The van der Waals surface area contributed by atoms with E-state index in [1.807, 2.05) is 0 Å². The number of rotatable bonds is 10. The average molecular weight is 505 g/mol. The number of hydrogen-bond donors (Lipinski definition) is 2. The van der Waals surface area contributed by atoms with Crippen molar-refractivity contribution in [2.24, 2.45) is 10.9 Å². The van der Waals surface area contributed by atoms with Gasteiger partial charge in [-0.25, -0.2) is 0 Å². The summed E-state index contributed by atoms with van der Waals surface area (Å²) in [7, 11) is 1.78. The molecule has 0 radical (unpaired) electrons. The molecule has 160 valence electrons. The average Bonchev–Trinajstić information content (AvgIpc) is 3.16. The van der Waals surface area contributed by atoms with Crippen LogP contribution >= 0.6 is 24.0 Å². The summed E-state index contributed by atoms with van der Waals surface area (Å²) in [5.41, 5.74) is 2.33. The zero-order chi connectivity index (χ0) is 19.5. The summed E-state index contributed by atoms with van der Waals surface area (Å²) in [6.45, 7) is 10.8. The smallest absolute Gasteiger partial charge is 0.191 e. The highest BCUT2D eigenvalue weighted by atomic mass is 127. The molecule has 2 N–H and O–H groups in total. The van der Waals surface area contributed by atoms with Gasteiger partial charge in [-0.05, 0) is 45.2 Å². The molecule has 0 saturated carbocycles. The Morgan fingerprint density at radius 1 is 1.32 bits per heavy atom. The minimum absolute atomic E-state index is 0. The van der Waals surface area contributed by atoms with Crippen LogP contribution in [0.4, 0.5) is 0 Å². The summed E-state index contributed by atoms with van der Waals surface area (Å²) >= 11 is 0. The minimum Gasteiger partial charge on any atom is -0.493 e. The number of halogens is 1. The van der Waals surface area contributed by atoms with Crippen molar-refractivity contribution in [3.05, 3.63) is 29.3 Å². The van der Waals surface area contributed by atoms with Gasteiger partial charge in [0.25, 0.3) is 0 Å². The van der Waals surface area contributed by atoms with Crippen molar-refractivity contribution in [3.8, 4) is 5.75 Å². The van der Waals surface area contributed by atoms with Crippen molar-refractivity contribution in [2.75, 3.05) is 40.0 Å². The van der Waals surface area contributed by atoms with Crippen molar-refractivity contribution in [1.82, 2.24) is 10.6 Å². The normalized spacial score (nSPS) is 16.8. The summed E-state index contributed by atoms with van der Waals surface area (Å²) in [5.74, 6) is 2.22. The van der Waals surface area contributed by atoms with E-state index in [1.54, 1.807) is 7.05 Å². The maximum absolute atomic E-state index is 6.11. The Morgan fingerprint density at radius 3 is 2.82 bits per heavy atom. The molecule has 7 heteroatoms. The van der Waals surface area contributed by atoms with Gasteiger partial charge < -0.3 is 24.8 Å². The van der Waals surface area contributed by atoms with Crippen LogP contribution in [0.5, 0.6) is 5.75 Å². The summed E-state index contributed by atoms with van der Waals surface area (Å²) in [6.07, 6.45) is 2.30. The second-order valence-electron chi connectivity index (χ2n) is 7.28. The lowest BCUT2D eigenvalue weighted by Crippen LogP contribution is -2.37. The van der Waals surface area contributed by atoms with Gasteiger partial charge in [-0.1, -0.05) is 12.1 Å². The lowest BCUT2D eigenvalue weighted by Gasteiger charge is -2.17. The van der Waals surface area contributed by atoms with Crippen LogP contribution in [-0.4, -0.2) is 52.1 Å². The molecular formula is C21H36IN3O3. The Hall–Kier alpha value is -1.06. The number of benzene rings is 1. The summed E-state index contributed by atoms with van der Waals surface area (Å²) in [5, 5.41) is 6.69. The number of ether oxygens (including phenoxy) is 3. The molecule has 1 aliphatic heterocycles. The Kier molecular flexibility index (Phi) is 12.5. The van der Waals surface area contributed by atoms with E-state index in [4.69, 9.17) is 14.2 Å². The quantitative estimate of drug-likeness (QED) is 0.221. The third-order valence-corrected chi connectivity index (χ3v) is 4.46. The molecule has 2 rings (SSSR count). The van der Waals surface area contributed by atoms with Gasteiger partial charge >= 0.3 is 0 Å². The molecule has 0 spiro atoms. The molecule has 0 aliphatic carbocycles. The largest absolute Gasteiger partial charge is 0.493 e. The summed E-state index contributed by atoms with van der Waals surface area (Å²) in [4.78, 5) is 4.29. The van der Waals surface area contributed by atoms with Crippen LogP contribution in [0, 0.1) is 12.8 Å². The number of nitrogens with one attached hydrogen (secondary N) is 2. The fourth-order valence-corrected chi connectivity index (χ4v) is 2.86. The van der Waals surface area contributed by atoms with Gasteiger partial charge in [0.1, 0.15) is 5.75 Å². The van der Waals surface area contributed by atoms with Gasteiger partial charge in [0.15, 0.2) is 5.96 Å². The lowest BCUT2D eigenvalue weighted by molar-refractivity contribution is 0.0776. The van der Waals surface area contributed by atoms with Crippen molar-refractivity contribution in [2.45, 2.75) is 46.3 Å². The van der Waals surface area contributed by atoms with E-state index in [0.29, 0.717) is 19.1 Å². The van der Waals surface area contributed by atoms with Gasteiger partial charge in [-0.15, -0.1) is 24.0 Å². The first-order valence-corrected chi connectivity index (χ1v) is 9.94. The van der Waals surface area contributed by atoms with E-state index in [2.05, 4.69) is 54.6 Å². The van der Waals surface area contributed by atoms with Gasteiger partial charge in [-0.2, -0.15) is 0 Å². The van der Waals surface area contributed by atoms with E-state index in [-0.39, 0.29) is 30.1 Å². The highest BCUT2D eigenvalue weighted by Crippen LogP contribution is 2.22. The molecule has 1 aliphatic rings. The molecule has 1 fully saturated rings. The van der Waals surface area contributed by atoms with Crippen molar-refractivity contribution < 1.29 is 14.2 Å². The Bertz CT molecular complexity index is 590. The SMILES string of the molecule is CN=C(NCCCOC(C)C)NCc1ccc(C)cc1OCC1CCOC1.I.